The Bertz CT molecular complexity index is 304. The third-order valence-corrected chi connectivity index (χ3v) is 3.50. The second-order valence-electron chi connectivity index (χ2n) is 3.38. The number of thioether (sulfide) groups is 1. The van der Waals surface area contributed by atoms with Crippen molar-refractivity contribution in [3.8, 4) is 5.75 Å². The fourth-order valence-corrected chi connectivity index (χ4v) is 2.14. The molecule has 0 aliphatic carbocycles. The Morgan fingerprint density at radius 2 is 2.27 bits per heavy atom. The minimum atomic E-state index is -0.0359. The molecule has 0 heterocycles. The van der Waals surface area contributed by atoms with E-state index in [1.54, 1.807) is 18.9 Å². The number of methoxy groups -OCH3 is 1. The highest BCUT2D eigenvalue weighted by molar-refractivity contribution is 8.00. The van der Waals surface area contributed by atoms with Crippen LogP contribution in [-0.2, 0) is 0 Å². The van der Waals surface area contributed by atoms with Crippen LogP contribution in [0.15, 0.2) is 29.2 Å². The number of hydrogen-bond donors (Lipinski definition) is 2. The Hall–Kier alpha value is -0.710. The Balaban J connectivity index is 2.70. The van der Waals surface area contributed by atoms with Crippen LogP contribution >= 0.6 is 11.8 Å². The molecule has 1 aromatic carbocycles. The van der Waals surface area contributed by atoms with Gasteiger partial charge in [0.25, 0.3) is 0 Å². The van der Waals surface area contributed by atoms with Gasteiger partial charge in [-0.05, 0) is 25.1 Å². The average Bonchev–Trinajstić information content (AvgIpc) is 2.25. The van der Waals surface area contributed by atoms with Crippen LogP contribution in [0.5, 0.6) is 5.75 Å². The lowest BCUT2D eigenvalue weighted by Gasteiger charge is -2.17. The predicted octanol–water partition coefficient (Wildman–Crippen LogP) is 1.50. The molecule has 1 aromatic rings. The Kier molecular flexibility index (Phi) is 4.94. The molecule has 0 saturated carbocycles. The summed E-state index contributed by atoms with van der Waals surface area (Å²) in [4.78, 5) is 1.06. The Morgan fingerprint density at radius 1 is 1.53 bits per heavy atom. The summed E-state index contributed by atoms with van der Waals surface area (Å²) in [5.74, 6) is 0.821. The number of nitrogens with two attached hydrogens (primary N) is 1. The van der Waals surface area contributed by atoms with Gasteiger partial charge < -0.3 is 15.6 Å². The van der Waals surface area contributed by atoms with Crippen molar-refractivity contribution >= 4 is 11.8 Å². The summed E-state index contributed by atoms with van der Waals surface area (Å²) >= 11 is 1.57. The van der Waals surface area contributed by atoms with Gasteiger partial charge in [-0.15, -0.1) is 11.8 Å². The molecule has 0 amide bonds. The van der Waals surface area contributed by atoms with Crippen molar-refractivity contribution in [1.29, 1.82) is 0 Å². The quantitative estimate of drug-likeness (QED) is 0.748. The zero-order valence-corrected chi connectivity index (χ0v) is 9.83. The molecule has 0 fully saturated rings. The summed E-state index contributed by atoms with van der Waals surface area (Å²) in [7, 11) is 1.64. The van der Waals surface area contributed by atoms with Gasteiger partial charge in [-0.25, -0.2) is 0 Å². The molecule has 0 spiro atoms. The normalized spacial score (nSPS) is 14.7. The molecule has 15 heavy (non-hydrogen) atoms. The maximum atomic E-state index is 9.15. The summed E-state index contributed by atoms with van der Waals surface area (Å²) in [5, 5.41) is 9.18. The number of hydrogen-bond acceptors (Lipinski definition) is 4. The van der Waals surface area contributed by atoms with Crippen molar-refractivity contribution in [2.45, 2.75) is 23.1 Å². The van der Waals surface area contributed by atoms with E-state index in [9.17, 15) is 0 Å². The smallest absolute Gasteiger partial charge is 0.119 e. The molecular formula is C11H17NO2S. The van der Waals surface area contributed by atoms with Gasteiger partial charge in [0, 0.05) is 16.2 Å². The van der Waals surface area contributed by atoms with Gasteiger partial charge in [0.05, 0.1) is 13.7 Å². The molecular weight excluding hydrogens is 210 g/mol. The van der Waals surface area contributed by atoms with Crippen LogP contribution in [0, 0.1) is 0 Å². The number of aliphatic hydroxyl groups excluding tert-OH is 1. The maximum Gasteiger partial charge on any atom is 0.119 e. The first-order valence-electron chi connectivity index (χ1n) is 4.84. The van der Waals surface area contributed by atoms with E-state index in [0.29, 0.717) is 0 Å². The molecule has 4 heteroatoms. The van der Waals surface area contributed by atoms with Gasteiger partial charge in [-0.2, -0.15) is 0 Å². The van der Waals surface area contributed by atoms with E-state index in [-0.39, 0.29) is 17.9 Å². The van der Waals surface area contributed by atoms with Gasteiger partial charge in [-0.1, -0.05) is 6.07 Å². The van der Waals surface area contributed by atoms with Crippen molar-refractivity contribution in [3.05, 3.63) is 24.3 Å². The third-order valence-electron chi connectivity index (χ3n) is 2.10. The monoisotopic (exact) mass is 227 g/mol. The van der Waals surface area contributed by atoms with E-state index < -0.39 is 0 Å². The molecule has 0 aromatic heterocycles. The van der Waals surface area contributed by atoms with Crippen LogP contribution in [0.2, 0.25) is 0 Å². The summed E-state index contributed by atoms with van der Waals surface area (Å²) in [6, 6.07) is 7.71. The van der Waals surface area contributed by atoms with E-state index in [1.165, 1.54) is 0 Å². The summed E-state index contributed by atoms with van der Waals surface area (Å²) in [5.41, 5.74) is 5.75. The van der Waals surface area contributed by atoms with Gasteiger partial charge in [0.15, 0.2) is 0 Å². The summed E-state index contributed by atoms with van der Waals surface area (Å²) in [6.45, 7) is 1.98. The highest BCUT2D eigenvalue weighted by atomic mass is 32.2. The fourth-order valence-electron chi connectivity index (χ4n) is 1.16. The van der Waals surface area contributed by atoms with Crippen molar-refractivity contribution in [2.75, 3.05) is 13.7 Å². The van der Waals surface area contributed by atoms with E-state index >= 15 is 0 Å². The van der Waals surface area contributed by atoms with Crippen LogP contribution < -0.4 is 10.5 Å². The average molecular weight is 227 g/mol. The van der Waals surface area contributed by atoms with Crippen molar-refractivity contribution in [3.63, 3.8) is 0 Å². The predicted molar refractivity (Wildman–Crippen MR) is 63.4 cm³/mol. The van der Waals surface area contributed by atoms with Gasteiger partial charge in [0.2, 0.25) is 0 Å². The molecule has 2 unspecified atom stereocenters. The molecule has 0 aliphatic heterocycles. The van der Waals surface area contributed by atoms with Gasteiger partial charge in [0.1, 0.15) is 5.75 Å². The zero-order chi connectivity index (χ0) is 11.3. The number of ether oxygens (including phenoxy) is 1. The van der Waals surface area contributed by atoms with Crippen LogP contribution in [-0.4, -0.2) is 30.1 Å². The highest BCUT2D eigenvalue weighted by Crippen LogP contribution is 2.27. The van der Waals surface area contributed by atoms with Crippen LogP contribution in [0.1, 0.15) is 6.92 Å². The van der Waals surface area contributed by atoms with Gasteiger partial charge >= 0.3 is 0 Å². The number of benzene rings is 1. The van der Waals surface area contributed by atoms with E-state index in [0.717, 1.165) is 10.6 Å². The Labute approximate surface area is 94.6 Å². The first-order valence-corrected chi connectivity index (χ1v) is 5.72. The van der Waals surface area contributed by atoms with Crippen LogP contribution in [0.4, 0.5) is 0 Å². The molecule has 0 aliphatic rings. The Morgan fingerprint density at radius 3 is 2.80 bits per heavy atom. The number of aliphatic hydroxyl groups is 1. The van der Waals surface area contributed by atoms with E-state index in [4.69, 9.17) is 15.6 Å². The van der Waals surface area contributed by atoms with E-state index in [2.05, 4.69) is 0 Å². The lowest BCUT2D eigenvalue weighted by Crippen LogP contribution is -2.31. The molecule has 0 saturated heterocycles. The largest absolute Gasteiger partial charge is 0.497 e. The minimum absolute atomic E-state index is 0.0251. The highest BCUT2D eigenvalue weighted by Gasteiger charge is 2.14. The fraction of sp³-hybridized carbons (Fsp3) is 0.455. The van der Waals surface area contributed by atoms with Crippen LogP contribution in [0.3, 0.4) is 0 Å². The van der Waals surface area contributed by atoms with E-state index in [1.807, 2.05) is 31.2 Å². The molecule has 3 nitrogen and oxygen atoms in total. The lowest BCUT2D eigenvalue weighted by molar-refractivity contribution is 0.285. The number of rotatable bonds is 5. The second kappa shape index (κ2) is 6.00. The van der Waals surface area contributed by atoms with Crippen molar-refractivity contribution in [2.24, 2.45) is 5.73 Å². The maximum absolute atomic E-state index is 9.15. The molecule has 3 N–H and O–H groups in total. The van der Waals surface area contributed by atoms with Gasteiger partial charge in [-0.3, -0.25) is 0 Å². The lowest BCUT2D eigenvalue weighted by atomic mass is 10.3. The topological polar surface area (TPSA) is 55.5 Å². The molecule has 2 atom stereocenters. The van der Waals surface area contributed by atoms with Crippen LogP contribution in [0.25, 0.3) is 0 Å². The van der Waals surface area contributed by atoms with Crippen molar-refractivity contribution < 1.29 is 9.84 Å². The minimum Gasteiger partial charge on any atom is -0.497 e. The molecule has 84 valence electrons. The van der Waals surface area contributed by atoms with Crippen molar-refractivity contribution in [1.82, 2.24) is 0 Å². The standard InChI is InChI=1S/C11H17NO2S/c1-8(12)11(7-13)15-10-5-3-4-9(6-10)14-2/h3-6,8,11,13H,7,12H2,1-2H3. The SMILES string of the molecule is COc1cccc(SC(CO)C(C)N)c1. The first-order chi connectivity index (χ1) is 7.17. The molecule has 0 radical (unpaired) electrons. The molecule has 1 rings (SSSR count). The first kappa shape index (κ1) is 12.4. The molecule has 0 bridgehead atoms. The zero-order valence-electron chi connectivity index (χ0n) is 9.01. The third kappa shape index (κ3) is 3.74. The second-order valence-corrected chi connectivity index (χ2v) is 4.69. The summed E-state index contributed by atoms with van der Waals surface area (Å²) in [6.07, 6.45) is 0. The summed E-state index contributed by atoms with van der Waals surface area (Å²) < 4.78 is 5.12.